The van der Waals surface area contributed by atoms with Gasteiger partial charge in [-0.05, 0) is 38.1 Å². The number of para-hydroxylation sites is 4. The summed E-state index contributed by atoms with van der Waals surface area (Å²) in [6.45, 7) is 20.3. The molecule has 0 spiro atoms. The van der Waals surface area contributed by atoms with Crippen molar-refractivity contribution in [2.75, 3.05) is 14.1 Å². The average molecular weight is 957 g/mol. The molecule has 10 heteroatoms. The van der Waals surface area contributed by atoms with Gasteiger partial charge in [0.1, 0.15) is 0 Å². The van der Waals surface area contributed by atoms with Gasteiger partial charge in [0.05, 0.1) is 44.3 Å². The fourth-order valence-corrected chi connectivity index (χ4v) is 9.13. The zero-order valence-electron chi connectivity index (χ0n) is 37.8. The molecule has 0 unspecified atom stereocenters. The smallest absolute Gasteiger partial charge is 0.262 e. The molecule has 0 bridgehead atoms. The summed E-state index contributed by atoms with van der Waals surface area (Å²) >= 11 is 0. The highest BCUT2D eigenvalue weighted by atomic mass is 127. The van der Waals surface area contributed by atoms with E-state index in [9.17, 15) is 14.4 Å². The largest absolute Gasteiger partial charge is 0.353 e. The molecule has 9 nitrogen and oxygen atoms in total. The molecule has 3 amide bonds. The van der Waals surface area contributed by atoms with Crippen molar-refractivity contribution in [3.63, 3.8) is 0 Å². The van der Waals surface area contributed by atoms with Crippen LogP contribution in [0.4, 0.5) is 0 Å². The van der Waals surface area contributed by atoms with Crippen LogP contribution < -0.4 is 0 Å². The number of hydrogen-bond donors (Lipinski definition) is 4. The van der Waals surface area contributed by atoms with Crippen LogP contribution in [0.1, 0.15) is 113 Å². The third-order valence-electron chi connectivity index (χ3n) is 11.8. The van der Waals surface area contributed by atoms with Crippen molar-refractivity contribution in [3.8, 4) is 0 Å². The minimum Gasteiger partial charge on any atom is -0.353 e. The lowest BCUT2D eigenvalue weighted by Gasteiger charge is -2.29. The van der Waals surface area contributed by atoms with Crippen LogP contribution in [0.15, 0.2) is 97.1 Å². The van der Waals surface area contributed by atoms with Crippen LogP contribution in [0.25, 0.3) is 87.2 Å². The number of nitrogens with zero attached hydrogens (tertiary/aromatic N) is 2. The summed E-state index contributed by atoms with van der Waals surface area (Å²) in [5.74, 6) is -0.393. The molecule has 10 aromatic rings. The summed E-state index contributed by atoms with van der Waals surface area (Å²) in [6.07, 6.45) is 0. The first kappa shape index (κ1) is 47.9. The van der Waals surface area contributed by atoms with Crippen LogP contribution in [-0.2, 0) is 5.54 Å². The van der Waals surface area contributed by atoms with E-state index in [2.05, 4.69) is 64.1 Å². The lowest BCUT2D eigenvalue weighted by Crippen LogP contribution is -2.35. The van der Waals surface area contributed by atoms with Crippen molar-refractivity contribution < 1.29 is 14.4 Å². The van der Waals surface area contributed by atoms with Gasteiger partial charge in [-0.2, -0.15) is 0 Å². The number of carbonyl (C=O) groups is 3. The Hall–Kier alpha value is -6.14. The highest BCUT2D eigenvalue weighted by Crippen LogP contribution is 2.49. The van der Waals surface area contributed by atoms with E-state index in [0.717, 1.165) is 93.0 Å². The summed E-state index contributed by atoms with van der Waals surface area (Å²) in [5, 5.41) is 8.00. The van der Waals surface area contributed by atoms with Crippen LogP contribution in [0.2, 0.25) is 0 Å². The van der Waals surface area contributed by atoms with E-state index in [1.165, 1.54) is 10.3 Å². The third kappa shape index (κ3) is 6.85. The molecule has 12 rings (SSSR count). The van der Waals surface area contributed by atoms with Gasteiger partial charge < -0.3 is 24.8 Å². The van der Waals surface area contributed by atoms with E-state index in [0.29, 0.717) is 11.1 Å². The van der Waals surface area contributed by atoms with Gasteiger partial charge in [-0.25, -0.2) is 0 Å². The molecular formula is C53H61IN6O3. The zero-order chi connectivity index (χ0) is 44.1. The maximum Gasteiger partial charge on any atom is 0.262 e. The van der Waals surface area contributed by atoms with Crippen LogP contribution >= 0.6 is 24.0 Å². The first-order chi connectivity index (χ1) is 29.7. The van der Waals surface area contributed by atoms with Gasteiger partial charge in [0.2, 0.25) is 0 Å². The second-order valence-electron chi connectivity index (χ2n) is 14.8. The van der Waals surface area contributed by atoms with E-state index in [1.54, 1.807) is 7.05 Å². The number of aromatic nitrogens is 4. The second kappa shape index (κ2) is 18.7. The number of benzene rings is 6. The molecule has 6 aromatic carbocycles. The maximum absolute atomic E-state index is 13.4. The third-order valence-corrected chi connectivity index (χ3v) is 11.8. The van der Waals surface area contributed by atoms with Crippen molar-refractivity contribution in [1.29, 1.82) is 0 Å². The summed E-state index contributed by atoms with van der Waals surface area (Å²) in [4.78, 5) is 56.4. The van der Waals surface area contributed by atoms with Gasteiger partial charge in [-0.3, -0.25) is 19.3 Å². The number of nitrogens with one attached hydrogen (secondary N) is 4. The molecule has 6 heterocycles. The summed E-state index contributed by atoms with van der Waals surface area (Å²) in [6, 6.07) is 32.3. The van der Waals surface area contributed by atoms with Crippen LogP contribution in [0.3, 0.4) is 0 Å². The number of aromatic amines is 4. The molecule has 0 aliphatic carbocycles. The Balaban J connectivity index is 0.000000200. The lowest BCUT2D eigenvalue weighted by atomic mass is 9.87. The average Bonchev–Trinajstić information content (AvgIpc) is 4.15. The number of rotatable bonds is 0. The Bertz CT molecular complexity index is 3220. The topological polar surface area (TPSA) is 121 Å². The van der Waals surface area contributed by atoms with Crippen LogP contribution in [0, 0.1) is 0 Å². The van der Waals surface area contributed by atoms with Crippen molar-refractivity contribution in [2.24, 2.45) is 0 Å². The molecule has 0 saturated heterocycles. The Morgan fingerprint density at radius 3 is 1.02 bits per heavy atom. The van der Waals surface area contributed by atoms with Crippen molar-refractivity contribution in [3.05, 3.63) is 119 Å². The predicted octanol–water partition coefficient (Wildman–Crippen LogP) is 14.8. The molecule has 63 heavy (non-hydrogen) atoms. The molecule has 0 radical (unpaired) electrons. The first-order valence-corrected chi connectivity index (χ1v) is 21.7. The fourth-order valence-electron chi connectivity index (χ4n) is 9.13. The molecular weight excluding hydrogens is 896 g/mol. The van der Waals surface area contributed by atoms with Crippen molar-refractivity contribution >= 4 is 129 Å². The normalized spacial score (nSPS) is 13.3. The number of imide groups is 1. The number of fused-ring (bicyclic) bond motifs is 20. The molecule has 0 atom stereocenters. The lowest BCUT2D eigenvalue weighted by molar-refractivity contribution is 0.0682. The van der Waals surface area contributed by atoms with E-state index in [4.69, 9.17) is 0 Å². The Morgan fingerprint density at radius 2 is 0.683 bits per heavy atom. The number of carbonyl (C=O) groups excluding carboxylic acids is 3. The zero-order valence-corrected chi connectivity index (χ0v) is 40.1. The highest BCUT2D eigenvalue weighted by Gasteiger charge is 2.45. The molecule has 0 fully saturated rings. The first-order valence-electron chi connectivity index (χ1n) is 21.7. The van der Waals surface area contributed by atoms with Gasteiger partial charge in [0, 0.05) is 84.8 Å². The highest BCUT2D eigenvalue weighted by molar-refractivity contribution is 14.0. The van der Waals surface area contributed by atoms with Crippen molar-refractivity contribution in [2.45, 2.75) is 82.2 Å². The number of halogens is 1. The van der Waals surface area contributed by atoms with Gasteiger partial charge in [-0.15, -0.1) is 24.0 Å². The predicted molar refractivity (Wildman–Crippen MR) is 279 cm³/mol. The standard InChI is InChI=1S/C23H19N3O.C21H13N3O2.4C2H6.CH4.HI/c1-23(2)19-17-13-9-5-7-11-15(13)25-21(17)20-16(18(19)22(27)26(23)3)12-8-4-6-10-14(12)24-20;1-24-20(25)16-14-10-6-2-4-8-12(10)22-18(14)19-15(17(16)21(24)26)11-7-3-5-9-13(11)23-19;4*1-2;;/h4-11,24-25H,1-3H3;2-9,22-23H,1H3;4*1-2H3;1H4;1H. The fraction of sp³-hybridized carbons (Fsp3) is 0.264. The maximum atomic E-state index is 13.4. The Morgan fingerprint density at radius 1 is 0.413 bits per heavy atom. The van der Waals surface area contributed by atoms with Gasteiger partial charge in [0.15, 0.2) is 0 Å². The minimum atomic E-state index is -0.373. The van der Waals surface area contributed by atoms with E-state index in [1.807, 2.05) is 134 Å². The Kier molecular flexibility index (Phi) is 14.2. The molecule has 2 aliphatic rings. The minimum absolute atomic E-state index is 0. The second-order valence-corrected chi connectivity index (χ2v) is 14.8. The summed E-state index contributed by atoms with van der Waals surface area (Å²) in [5.41, 5.74) is 10.5. The monoisotopic (exact) mass is 956 g/mol. The molecule has 328 valence electrons. The summed E-state index contributed by atoms with van der Waals surface area (Å²) < 4.78 is 0. The number of amides is 3. The molecule has 0 saturated carbocycles. The van der Waals surface area contributed by atoms with Crippen molar-refractivity contribution in [1.82, 2.24) is 29.7 Å². The van der Waals surface area contributed by atoms with Gasteiger partial charge in [-0.1, -0.05) is 136 Å². The quantitative estimate of drug-likeness (QED) is 0.0895. The number of H-pyrrole nitrogens is 4. The Labute approximate surface area is 386 Å². The SMILES string of the molecule is C.CC.CC.CC.CC.CN1C(=O)c2c(c3c4ccccc4[nH]c3c3[nH]c4ccccc4c23)C1(C)C.CN1C(=O)c2c(c3c4ccccc4[nH]c3c3[nH]c4ccccc4c23)C1=O.I. The van der Waals surface area contributed by atoms with Crippen LogP contribution in [-0.4, -0.2) is 61.6 Å². The van der Waals surface area contributed by atoms with Gasteiger partial charge in [0.25, 0.3) is 17.7 Å². The van der Waals surface area contributed by atoms with Crippen LogP contribution in [0.5, 0.6) is 0 Å². The van der Waals surface area contributed by atoms with E-state index in [-0.39, 0.29) is 54.7 Å². The molecule has 4 N–H and O–H groups in total. The van der Waals surface area contributed by atoms with Gasteiger partial charge >= 0.3 is 0 Å². The summed E-state index contributed by atoms with van der Waals surface area (Å²) in [7, 11) is 3.45. The number of hydrogen-bond acceptors (Lipinski definition) is 3. The molecule has 4 aromatic heterocycles. The van der Waals surface area contributed by atoms with E-state index >= 15 is 0 Å². The van der Waals surface area contributed by atoms with E-state index < -0.39 is 0 Å². The molecule has 2 aliphatic heterocycles.